The Morgan fingerprint density at radius 3 is 2.17 bits per heavy atom. The number of sulfone groups is 1. The van der Waals surface area contributed by atoms with E-state index in [1.54, 1.807) is 36.5 Å². The summed E-state index contributed by atoms with van der Waals surface area (Å²) in [6.45, 7) is 0. The lowest BCUT2D eigenvalue weighted by molar-refractivity contribution is 0.0993. The molecule has 0 unspecified atom stereocenters. The van der Waals surface area contributed by atoms with Crippen LogP contribution in [0.5, 0.6) is 0 Å². The van der Waals surface area contributed by atoms with Gasteiger partial charge in [-0.15, -0.1) is 0 Å². The summed E-state index contributed by atoms with van der Waals surface area (Å²) in [7, 11) is -3.53. The predicted molar refractivity (Wildman–Crippen MR) is 87.2 cm³/mol. The number of aromatic nitrogens is 1. The molecule has 3 aromatic rings. The number of ketones is 1. The van der Waals surface area contributed by atoms with Gasteiger partial charge in [0.15, 0.2) is 5.78 Å². The van der Waals surface area contributed by atoms with Crippen LogP contribution in [0.15, 0.2) is 82.8 Å². The Bertz CT molecular complexity index is 897. The number of nitrogens with one attached hydrogen (secondary N) is 1. The maximum absolute atomic E-state index is 12.4. The van der Waals surface area contributed by atoms with E-state index in [0.29, 0.717) is 5.56 Å². The fourth-order valence-corrected chi connectivity index (χ4v) is 3.54. The largest absolute Gasteiger partial charge is 0.352 e. The second-order valence-electron chi connectivity index (χ2n) is 5.15. The standard InChI is InChI=1S/C18H15NO3S/c20-17(15-5-2-1-3-6-15)13-14-8-10-16(11-9-14)23(21,22)18-7-4-12-19-18/h1-12,19H,13H2. The third-order valence-corrected chi connectivity index (χ3v) is 5.28. The zero-order valence-electron chi connectivity index (χ0n) is 12.3. The lowest BCUT2D eigenvalue weighted by Gasteiger charge is -2.05. The molecule has 0 saturated carbocycles. The van der Waals surface area contributed by atoms with Gasteiger partial charge in [-0.25, -0.2) is 8.42 Å². The van der Waals surface area contributed by atoms with Crippen molar-refractivity contribution in [3.8, 4) is 0 Å². The molecule has 4 nitrogen and oxygen atoms in total. The lowest BCUT2D eigenvalue weighted by Crippen LogP contribution is -2.05. The molecular weight excluding hydrogens is 310 g/mol. The highest BCUT2D eigenvalue weighted by molar-refractivity contribution is 7.91. The van der Waals surface area contributed by atoms with Gasteiger partial charge >= 0.3 is 0 Å². The van der Waals surface area contributed by atoms with Crippen molar-refractivity contribution >= 4 is 15.6 Å². The van der Waals surface area contributed by atoms with E-state index in [9.17, 15) is 13.2 Å². The van der Waals surface area contributed by atoms with Crippen LogP contribution in [0.4, 0.5) is 0 Å². The van der Waals surface area contributed by atoms with Crippen LogP contribution in [0.2, 0.25) is 0 Å². The number of H-pyrrole nitrogens is 1. The van der Waals surface area contributed by atoms with Gasteiger partial charge in [-0.3, -0.25) is 4.79 Å². The summed E-state index contributed by atoms with van der Waals surface area (Å²) in [6.07, 6.45) is 1.81. The number of hydrogen-bond donors (Lipinski definition) is 1. The van der Waals surface area contributed by atoms with E-state index < -0.39 is 9.84 Å². The maximum Gasteiger partial charge on any atom is 0.221 e. The van der Waals surface area contributed by atoms with Gasteiger partial charge in [0.25, 0.3) is 0 Å². The molecule has 1 heterocycles. The second-order valence-corrected chi connectivity index (χ2v) is 7.07. The number of aromatic amines is 1. The average Bonchev–Trinajstić information content (AvgIpc) is 3.11. The van der Waals surface area contributed by atoms with Crippen LogP contribution < -0.4 is 0 Å². The third kappa shape index (κ3) is 3.24. The molecule has 0 saturated heterocycles. The highest BCUT2D eigenvalue weighted by Crippen LogP contribution is 2.20. The normalized spacial score (nSPS) is 11.3. The van der Waals surface area contributed by atoms with Crippen LogP contribution in [0.25, 0.3) is 0 Å². The van der Waals surface area contributed by atoms with Crippen LogP contribution in [-0.4, -0.2) is 19.2 Å². The first kappa shape index (κ1) is 15.2. The van der Waals surface area contributed by atoms with E-state index in [-0.39, 0.29) is 22.1 Å². The maximum atomic E-state index is 12.4. The molecular formula is C18H15NO3S. The Balaban J connectivity index is 1.79. The van der Waals surface area contributed by atoms with E-state index in [1.165, 1.54) is 18.2 Å². The molecule has 0 aliphatic carbocycles. The number of benzene rings is 2. The van der Waals surface area contributed by atoms with Crippen molar-refractivity contribution in [3.05, 3.63) is 84.1 Å². The number of Topliss-reactive ketones (excluding diaryl/α,β-unsaturated/α-hetero) is 1. The highest BCUT2D eigenvalue weighted by atomic mass is 32.2. The molecule has 0 atom stereocenters. The van der Waals surface area contributed by atoms with E-state index in [4.69, 9.17) is 0 Å². The number of carbonyl (C=O) groups is 1. The van der Waals surface area contributed by atoms with Crippen molar-refractivity contribution in [2.75, 3.05) is 0 Å². The summed E-state index contributed by atoms with van der Waals surface area (Å²) in [4.78, 5) is 15.1. The highest BCUT2D eigenvalue weighted by Gasteiger charge is 2.18. The van der Waals surface area contributed by atoms with E-state index in [0.717, 1.165) is 5.56 Å². The van der Waals surface area contributed by atoms with Crippen LogP contribution >= 0.6 is 0 Å². The zero-order chi connectivity index (χ0) is 16.3. The molecule has 23 heavy (non-hydrogen) atoms. The molecule has 0 spiro atoms. The molecule has 0 aliphatic rings. The number of carbonyl (C=O) groups excluding carboxylic acids is 1. The van der Waals surface area contributed by atoms with Gasteiger partial charge in [0.05, 0.1) is 4.90 Å². The summed E-state index contributed by atoms with van der Waals surface area (Å²) in [5, 5.41) is 0.158. The fraction of sp³-hybridized carbons (Fsp3) is 0.0556. The van der Waals surface area contributed by atoms with Gasteiger partial charge in [0, 0.05) is 18.2 Å². The van der Waals surface area contributed by atoms with Crippen LogP contribution in [0.1, 0.15) is 15.9 Å². The van der Waals surface area contributed by atoms with Crippen LogP contribution in [-0.2, 0) is 16.3 Å². The monoisotopic (exact) mass is 325 g/mol. The third-order valence-electron chi connectivity index (χ3n) is 3.55. The SMILES string of the molecule is O=C(Cc1ccc(S(=O)(=O)c2ccc[nH]2)cc1)c1ccccc1. The molecule has 0 amide bonds. The molecule has 2 aromatic carbocycles. The minimum Gasteiger partial charge on any atom is -0.352 e. The first-order valence-electron chi connectivity index (χ1n) is 7.13. The van der Waals surface area contributed by atoms with Crippen molar-refractivity contribution < 1.29 is 13.2 Å². The predicted octanol–water partition coefficient (Wildman–Crippen LogP) is 3.27. The topological polar surface area (TPSA) is 67.0 Å². The summed E-state index contributed by atoms with van der Waals surface area (Å²) in [6, 6.07) is 18.6. The Labute approximate surface area is 134 Å². The van der Waals surface area contributed by atoms with Crippen molar-refractivity contribution in [2.45, 2.75) is 16.3 Å². The molecule has 0 radical (unpaired) electrons. The van der Waals surface area contributed by atoms with Crippen molar-refractivity contribution in [3.63, 3.8) is 0 Å². The smallest absolute Gasteiger partial charge is 0.221 e. The van der Waals surface area contributed by atoms with Crippen LogP contribution in [0, 0.1) is 0 Å². The molecule has 5 heteroatoms. The van der Waals surface area contributed by atoms with E-state index in [1.807, 2.05) is 18.2 Å². The van der Waals surface area contributed by atoms with Gasteiger partial charge < -0.3 is 4.98 Å². The minimum atomic E-state index is -3.53. The molecule has 116 valence electrons. The average molecular weight is 325 g/mol. The summed E-state index contributed by atoms with van der Waals surface area (Å²) >= 11 is 0. The van der Waals surface area contributed by atoms with Gasteiger partial charge in [-0.2, -0.15) is 0 Å². The molecule has 0 bridgehead atoms. The van der Waals surface area contributed by atoms with E-state index >= 15 is 0 Å². The number of hydrogen-bond acceptors (Lipinski definition) is 3. The Morgan fingerprint density at radius 1 is 0.870 bits per heavy atom. The van der Waals surface area contributed by atoms with Gasteiger partial charge in [0.1, 0.15) is 5.03 Å². The molecule has 1 N–H and O–H groups in total. The minimum absolute atomic E-state index is 0.00516. The second kappa shape index (κ2) is 6.22. The first-order valence-corrected chi connectivity index (χ1v) is 8.61. The van der Waals surface area contributed by atoms with Crippen molar-refractivity contribution in [1.29, 1.82) is 0 Å². The van der Waals surface area contributed by atoms with Crippen molar-refractivity contribution in [2.24, 2.45) is 0 Å². The van der Waals surface area contributed by atoms with Crippen molar-refractivity contribution in [1.82, 2.24) is 4.98 Å². The van der Waals surface area contributed by atoms with Gasteiger partial charge in [-0.1, -0.05) is 42.5 Å². The molecule has 0 fully saturated rings. The Hall–Kier alpha value is -2.66. The Kier molecular flexibility index (Phi) is 4.12. The summed E-state index contributed by atoms with van der Waals surface area (Å²) in [5.41, 5.74) is 1.43. The van der Waals surface area contributed by atoms with Gasteiger partial charge in [0.2, 0.25) is 9.84 Å². The number of rotatable bonds is 5. The van der Waals surface area contributed by atoms with E-state index in [2.05, 4.69) is 4.98 Å². The molecule has 0 aliphatic heterocycles. The van der Waals surface area contributed by atoms with Gasteiger partial charge in [-0.05, 0) is 29.8 Å². The quantitative estimate of drug-likeness (QED) is 0.732. The summed E-state index contributed by atoms with van der Waals surface area (Å²) < 4.78 is 24.7. The lowest BCUT2D eigenvalue weighted by atomic mass is 10.0. The zero-order valence-corrected chi connectivity index (χ0v) is 13.1. The first-order chi connectivity index (χ1) is 11.1. The Morgan fingerprint density at radius 2 is 1.57 bits per heavy atom. The molecule has 1 aromatic heterocycles. The summed E-state index contributed by atoms with van der Waals surface area (Å²) in [5.74, 6) is 0.00516. The van der Waals surface area contributed by atoms with Crippen LogP contribution in [0.3, 0.4) is 0 Å². The fourth-order valence-electron chi connectivity index (χ4n) is 2.31. The molecule has 3 rings (SSSR count).